The highest BCUT2D eigenvalue weighted by atomic mass is 79.9. The number of halogens is 5. The first-order chi connectivity index (χ1) is 7.20. The molecule has 1 aromatic carbocycles. The average molecular weight is 318 g/mol. The molecule has 0 spiro atoms. The zero-order valence-electron chi connectivity index (χ0n) is 7.44. The van der Waals surface area contributed by atoms with Gasteiger partial charge >= 0.3 is 6.36 Å². The molecule has 0 aromatic heterocycles. The maximum absolute atomic E-state index is 12.0. The summed E-state index contributed by atoms with van der Waals surface area (Å²) in [7, 11) is 0. The van der Waals surface area contributed by atoms with Crippen molar-refractivity contribution in [3.63, 3.8) is 0 Å². The molecule has 0 atom stereocenters. The summed E-state index contributed by atoms with van der Waals surface area (Å²) >= 11 is 7.96. The van der Waals surface area contributed by atoms with Gasteiger partial charge in [0, 0.05) is 5.56 Å². The molecule has 0 aliphatic rings. The lowest BCUT2D eigenvalue weighted by molar-refractivity contribution is -0.274. The second kappa shape index (κ2) is 4.50. The van der Waals surface area contributed by atoms with Gasteiger partial charge in [-0.05, 0) is 39.7 Å². The number of hydrogen-bond donors (Lipinski definition) is 1. The van der Waals surface area contributed by atoms with Crippen LogP contribution < -0.4 is 10.5 Å². The predicted molar refractivity (Wildman–Crippen MR) is 55.4 cm³/mol. The number of carbonyl (C=O) groups excluding carboxylic acids is 1. The van der Waals surface area contributed by atoms with Gasteiger partial charge in [-0.25, -0.2) is 0 Å². The first-order valence-corrected chi connectivity index (χ1v) is 4.92. The van der Waals surface area contributed by atoms with E-state index in [4.69, 9.17) is 17.3 Å². The molecule has 0 radical (unpaired) electrons. The first-order valence-electron chi connectivity index (χ1n) is 3.75. The zero-order valence-corrected chi connectivity index (χ0v) is 9.78. The lowest BCUT2D eigenvalue weighted by atomic mass is 10.2. The van der Waals surface area contributed by atoms with Gasteiger partial charge in [0.25, 0.3) is 5.24 Å². The largest absolute Gasteiger partial charge is 0.573 e. The van der Waals surface area contributed by atoms with Gasteiger partial charge in [0.2, 0.25) is 0 Å². The van der Waals surface area contributed by atoms with Crippen LogP contribution >= 0.6 is 27.5 Å². The lowest BCUT2D eigenvalue weighted by Gasteiger charge is -2.13. The van der Waals surface area contributed by atoms with Gasteiger partial charge in [-0.15, -0.1) is 13.2 Å². The van der Waals surface area contributed by atoms with Crippen LogP contribution in [0.15, 0.2) is 16.6 Å². The maximum atomic E-state index is 12.0. The fraction of sp³-hybridized carbons (Fsp3) is 0.125. The number of benzene rings is 1. The highest BCUT2D eigenvalue weighted by molar-refractivity contribution is 9.10. The van der Waals surface area contributed by atoms with Gasteiger partial charge in [-0.3, -0.25) is 4.79 Å². The highest BCUT2D eigenvalue weighted by Gasteiger charge is 2.33. The molecule has 0 amide bonds. The van der Waals surface area contributed by atoms with Gasteiger partial charge in [-0.1, -0.05) is 0 Å². The standard InChI is InChI=1S/C8H4BrClF3NO2/c9-4-1-3(7(10)15)2-5(14)6(4)16-8(11,12)13/h1-2H,14H2. The summed E-state index contributed by atoms with van der Waals surface area (Å²) < 4.78 is 39.5. The SMILES string of the molecule is Nc1cc(C(=O)Cl)cc(Br)c1OC(F)(F)F. The van der Waals surface area contributed by atoms with Crippen molar-refractivity contribution in [2.24, 2.45) is 0 Å². The molecular weight excluding hydrogens is 314 g/mol. The smallest absolute Gasteiger partial charge is 0.402 e. The molecule has 0 unspecified atom stereocenters. The number of hydrogen-bond acceptors (Lipinski definition) is 3. The number of nitrogen functional groups attached to an aromatic ring is 1. The van der Waals surface area contributed by atoms with Crippen molar-refractivity contribution in [3.8, 4) is 5.75 Å². The molecular formula is C8H4BrClF3NO2. The summed E-state index contributed by atoms with van der Waals surface area (Å²) in [6, 6.07) is 2.09. The van der Waals surface area contributed by atoms with E-state index in [0.29, 0.717) is 0 Å². The van der Waals surface area contributed by atoms with Crippen LogP contribution in [-0.4, -0.2) is 11.6 Å². The Balaban J connectivity index is 3.18. The van der Waals surface area contributed by atoms with Gasteiger partial charge < -0.3 is 10.5 Å². The topological polar surface area (TPSA) is 52.3 Å². The third kappa shape index (κ3) is 3.28. The van der Waals surface area contributed by atoms with Crippen LogP contribution in [0.3, 0.4) is 0 Å². The minimum atomic E-state index is -4.86. The fourth-order valence-corrected chi connectivity index (χ4v) is 1.62. The minimum Gasteiger partial charge on any atom is -0.402 e. The number of anilines is 1. The molecule has 0 bridgehead atoms. The van der Waals surface area contributed by atoms with E-state index < -0.39 is 17.4 Å². The molecule has 1 rings (SSSR count). The Kier molecular flexibility index (Phi) is 3.69. The molecule has 0 aliphatic heterocycles. The molecule has 0 saturated carbocycles. The number of alkyl halides is 3. The summed E-state index contributed by atoms with van der Waals surface area (Å²) in [5.74, 6) is -0.603. The molecule has 2 N–H and O–H groups in total. The quantitative estimate of drug-likeness (QED) is 0.672. The summed E-state index contributed by atoms with van der Waals surface area (Å²) in [4.78, 5) is 10.8. The Bertz CT molecular complexity index is 413. The van der Waals surface area contributed by atoms with E-state index >= 15 is 0 Å². The minimum absolute atomic E-state index is 0.0273. The second-order valence-corrected chi connectivity index (χ2v) is 3.90. The molecule has 3 nitrogen and oxygen atoms in total. The molecule has 1 aromatic rings. The lowest BCUT2D eigenvalue weighted by Crippen LogP contribution is -2.18. The molecule has 88 valence electrons. The Morgan fingerprint density at radius 2 is 2.00 bits per heavy atom. The highest BCUT2D eigenvalue weighted by Crippen LogP contribution is 2.36. The Hall–Kier alpha value is -0.950. The van der Waals surface area contributed by atoms with Gasteiger partial charge in [0.15, 0.2) is 5.75 Å². The molecule has 16 heavy (non-hydrogen) atoms. The van der Waals surface area contributed by atoms with Crippen LogP contribution in [0.25, 0.3) is 0 Å². The Morgan fingerprint density at radius 1 is 1.44 bits per heavy atom. The predicted octanol–water partition coefficient (Wildman–Crippen LogP) is 3.31. The van der Waals surface area contributed by atoms with Crippen LogP contribution in [0.2, 0.25) is 0 Å². The normalized spacial score (nSPS) is 11.3. The van der Waals surface area contributed by atoms with Crippen molar-refractivity contribution < 1.29 is 22.7 Å². The van der Waals surface area contributed by atoms with Gasteiger partial charge in [0.1, 0.15) is 0 Å². The van der Waals surface area contributed by atoms with E-state index in [1.807, 2.05) is 0 Å². The van der Waals surface area contributed by atoms with Crippen LogP contribution in [-0.2, 0) is 0 Å². The van der Waals surface area contributed by atoms with Crippen molar-refractivity contribution in [2.75, 3.05) is 5.73 Å². The van der Waals surface area contributed by atoms with Crippen molar-refractivity contribution in [2.45, 2.75) is 6.36 Å². The third-order valence-corrected chi connectivity index (χ3v) is 2.32. The number of ether oxygens (including phenoxy) is 1. The number of rotatable bonds is 2. The Morgan fingerprint density at radius 3 is 2.38 bits per heavy atom. The van der Waals surface area contributed by atoms with E-state index in [-0.39, 0.29) is 15.7 Å². The monoisotopic (exact) mass is 317 g/mol. The van der Waals surface area contributed by atoms with E-state index in [0.717, 1.165) is 12.1 Å². The third-order valence-electron chi connectivity index (χ3n) is 1.52. The van der Waals surface area contributed by atoms with Crippen LogP contribution in [0.4, 0.5) is 18.9 Å². The van der Waals surface area contributed by atoms with Crippen molar-refractivity contribution >= 4 is 38.5 Å². The van der Waals surface area contributed by atoms with Gasteiger partial charge in [0.05, 0.1) is 10.2 Å². The summed E-state index contributed by atoms with van der Waals surface area (Å²) in [6.07, 6.45) is -4.86. The van der Waals surface area contributed by atoms with Crippen molar-refractivity contribution in [1.82, 2.24) is 0 Å². The van der Waals surface area contributed by atoms with E-state index in [2.05, 4.69) is 20.7 Å². The maximum Gasteiger partial charge on any atom is 0.573 e. The van der Waals surface area contributed by atoms with E-state index in [1.54, 1.807) is 0 Å². The summed E-state index contributed by atoms with van der Waals surface area (Å²) in [5, 5.41) is -0.828. The van der Waals surface area contributed by atoms with Crippen molar-refractivity contribution in [1.29, 1.82) is 0 Å². The Labute approximate surface area is 101 Å². The summed E-state index contributed by atoms with van der Waals surface area (Å²) in [5.41, 5.74) is 4.94. The van der Waals surface area contributed by atoms with Crippen LogP contribution in [0.5, 0.6) is 5.75 Å². The molecule has 0 fully saturated rings. The molecule has 0 saturated heterocycles. The summed E-state index contributed by atoms with van der Waals surface area (Å²) in [6.45, 7) is 0. The van der Waals surface area contributed by atoms with Gasteiger partial charge in [-0.2, -0.15) is 0 Å². The number of carbonyl (C=O) groups is 1. The second-order valence-electron chi connectivity index (χ2n) is 2.70. The van der Waals surface area contributed by atoms with E-state index in [1.165, 1.54) is 0 Å². The number of nitrogens with two attached hydrogens (primary N) is 1. The fourth-order valence-electron chi connectivity index (χ4n) is 0.952. The molecule has 0 heterocycles. The van der Waals surface area contributed by atoms with Crippen molar-refractivity contribution in [3.05, 3.63) is 22.2 Å². The van der Waals surface area contributed by atoms with E-state index in [9.17, 15) is 18.0 Å². The molecule has 8 heteroatoms. The zero-order chi connectivity index (χ0) is 12.5. The molecule has 0 aliphatic carbocycles. The van der Waals surface area contributed by atoms with Crippen LogP contribution in [0, 0.1) is 0 Å². The average Bonchev–Trinajstić information content (AvgIpc) is 2.09. The van der Waals surface area contributed by atoms with Crippen LogP contribution in [0.1, 0.15) is 10.4 Å². The first kappa shape index (κ1) is 13.1.